The lowest BCUT2D eigenvalue weighted by atomic mass is 10.1. The van der Waals surface area contributed by atoms with Crippen molar-refractivity contribution in [2.75, 3.05) is 19.7 Å². The summed E-state index contributed by atoms with van der Waals surface area (Å²) in [4.78, 5) is 24.4. The number of ether oxygens (including phenoxy) is 1. The summed E-state index contributed by atoms with van der Waals surface area (Å²) in [5.74, 6) is -1.12. The molecule has 1 fully saturated rings. The number of carbonyl (C=O) groups excluding carboxylic acids is 2. The highest BCUT2D eigenvalue weighted by Gasteiger charge is 2.26. The van der Waals surface area contributed by atoms with Crippen LogP contribution in [0.15, 0.2) is 53.4 Å². The zero-order chi connectivity index (χ0) is 20.1. The molecule has 3 rings (SSSR count). The van der Waals surface area contributed by atoms with Gasteiger partial charge in [0.25, 0.3) is 0 Å². The van der Waals surface area contributed by atoms with Crippen LogP contribution in [0.25, 0.3) is 0 Å². The summed E-state index contributed by atoms with van der Waals surface area (Å²) in [5, 5.41) is 0.243. The monoisotopic (exact) mass is 421 g/mol. The van der Waals surface area contributed by atoms with Crippen molar-refractivity contribution in [1.82, 2.24) is 4.31 Å². The second-order valence-electron chi connectivity index (χ2n) is 6.47. The van der Waals surface area contributed by atoms with Gasteiger partial charge in [0.1, 0.15) is 0 Å². The SMILES string of the molecule is O=C(COC(=O)c1ccccc1Cl)c1ccc(S(=O)(=O)N2CCCCC2)cc1. The summed E-state index contributed by atoms with van der Waals surface area (Å²) in [7, 11) is -3.55. The Morgan fingerprint density at radius 2 is 1.61 bits per heavy atom. The number of halogens is 1. The third kappa shape index (κ3) is 4.60. The van der Waals surface area contributed by atoms with E-state index in [2.05, 4.69) is 0 Å². The molecule has 0 N–H and O–H groups in total. The first-order valence-corrected chi connectivity index (χ1v) is 10.8. The largest absolute Gasteiger partial charge is 0.454 e. The van der Waals surface area contributed by atoms with Crippen LogP contribution in [0.3, 0.4) is 0 Å². The summed E-state index contributed by atoms with van der Waals surface area (Å²) in [6.45, 7) is 0.574. The standard InChI is InChI=1S/C20H20ClNO5S/c21-18-7-3-2-6-17(18)20(24)27-14-19(23)15-8-10-16(11-9-15)28(25,26)22-12-4-1-5-13-22/h2-3,6-11H,1,4-5,12-14H2. The predicted octanol–water partition coefficient (Wildman–Crippen LogP) is 3.55. The minimum atomic E-state index is -3.55. The van der Waals surface area contributed by atoms with Gasteiger partial charge in [-0.15, -0.1) is 0 Å². The molecule has 0 spiro atoms. The molecule has 0 atom stereocenters. The highest BCUT2D eigenvalue weighted by molar-refractivity contribution is 7.89. The highest BCUT2D eigenvalue weighted by Crippen LogP contribution is 2.21. The first kappa shape index (κ1) is 20.5. The number of rotatable bonds is 6. The van der Waals surface area contributed by atoms with Gasteiger partial charge in [0.2, 0.25) is 10.0 Å². The van der Waals surface area contributed by atoms with Crippen LogP contribution >= 0.6 is 11.6 Å². The molecule has 1 saturated heterocycles. The Kier molecular flexibility index (Phi) is 6.49. The zero-order valence-corrected chi connectivity index (χ0v) is 16.7. The molecule has 8 heteroatoms. The smallest absolute Gasteiger partial charge is 0.340 e. The lowest BCUT2D eigenvalue weighted by Gasteiger charge is -2.25. The van der Waals surface area contributed by atoms with E-state index < -0.39 is 28.4 Å². The molecule has 6 nitrogen and oxygen atoms in total. The highest BCUT2D eigenvalue weighted by atomic mass is 35.5. The van der Waals surface area contributed by atoms with Crippen LogP contribution in [0.2, 0.25) is 5.02 Å². The number of benzene rings is 2. The van der Waals surface area contributed by atoms with Crippen molar-refractivity contribution in [3.63, 3.8) is 0 Å². The van der Waals surface area contributed by atoms with Crippen molar-refractivity contribution >= 4 is 33.4 Å². The van der Waals surface area contributed by atoms with E-state index in [0.717, 1.165) is 19.3 Å². The Bertz CT molecular complexity index is 966. The third-order valence-electron chi connectivity index (χ3n) is 4.56. The number of piperidine rings is 1. The molecule has 2 aromatic carbocycles. The van der Waals surface area contributed by atoms with Crippen LogP contribution in [0.1, 0.15) is 40.0 Å². The van der Waals surface area contributed by atoms with E-state index in [1.807, 2.05) is 0 Å². The van der Waals surface area contributed by atoms with Crippen LogP contribution in [0.5, 0.6) is 0 Å². The van der Waals surface area contributed by atoms with Crippen molar-refractivity contribution < 1.29 is 22.7 Å². The fourth-order valence-electron chi connectivity index (χ4n) is 2.99. The molecule has 1 heterocycles. The molecule has 28 heavy (non-hydrogen) atoms. The van der Waals surface area contributed by atoms with E-state index in [1.54, 1.807) is 18.2 Å². The number of carbonyl (C=O) groups is 2. The molecule has 1 aliphatic heterocycles. The topological polar surface area (TPSA) is 80.8 Å². The average Bonchev–Trinajstić information content (AvgIpc) is 2.73. The predicted molar refractivity (Wildman–Crippen MR) is 105 cm³/mol. The normalized spacial score (nSPS) is 15.2. The Balaban J connectivity index is 1.64. The van der Waals surface area contributed by atoms with Gasteiger partial charge in [0.15, 0.2) is 12.4 Å². The third-order valence-corrected chi connectivity index (χ3v) is 6.80. The second kappa shape index (κ2) is 8.86. The zero-order valence-electron chi connectivity index (χ0n) is 15.1. The molecule has 1 aliphatic rings. The fourth-order valence-corrected chi connectivity index (χ4v) is 4.72. The number of nitrogens with zero attached hydrogens (tertiary/aromatic N) is 1. The minimum Gasteiger partial charge on any atom is -0.454 e. The number of ketones is 1. The Morgan fingerprint density at radius 3 is 2.25 bits per heavy atom. The lowest BCUT2D eigenvalue weighted by Crippen LogP contribution is -2.35. The Hall–Kier alpha value is -2.22. The van der Waals surface area contributed by atoms with Crippen molar-refractivity contribution in [3.8, 4) is 0 Å². The van der Waals surface area contributed by atoms with E-state index in [-0.39, 0.29) is 21.0 Å². The maximum Gasteiger partial charge on any atom is 0.340 e. The Morgan fingerprint density at radius 1 is 0.964 bits per heavy atom. The molecule has 0 saturated carbocycles. The molecule has 0 bridgehead atoms. The summed E-state index contributed by atoms with van der Waals surface area (Å²) in [6, 6.07) is 12.1. The van der Waals surface area contributed by atoms with Gasteiger partial charge in [0.05, 0.1) is 15.5 Å². The molecular weight excluding hydrogens is 402 g/mol. The molecule has 2 aromatic rings. The summed E-state index contributed by atoms with van der Waals surface area (Å²) in [6.07, 6.45) is 2.74. The van der Waals surface area contributed by atoms with E-state index in [0.29, 0.717) is 13.1 Å². The Labute approximate surface area is 169 Å². The van der Waals surface area contributed by atoms with E-state index in [4.69, 9.17) is 16.3 Å². The summed E-state index contributed by atoms with van der Waals surface area (Å²) in [5.41, 5.74) is 0.449. The van der Waals surface area contributed by atoms with Gasteiger partial charge in [-0.2, -0.15) is 4.31 Å². The average molecular weight is 422 g/mol. The van der Waals surface area contributed by atoms with Crippen LogP contribution in [-0.2, 0) is 14.8 Å². The molecule has 0 unspecified atom stereocenters. The number of hydrogen-bond donors (Lipinski definition) is 0. The molecule has 0 amide bonds. The van der Waals surface area contributed by atoms with Gasteiger partial charge in [-0.05, 0) is 49.2 Å². The van der Waals surface area contributed by atoms with E-state index >= 15 is 0 Å². The molecule has 0 aliphatic carbocycles. The van der Waals surface area contributed by atoms with Crippen molar-refractivity contribution in [1.29, 1.82) is 0 Å². The van der Waals surface area contributed by atoms with Gasteiger partial charge >= 0.3 is 5.97 Å². The van der Waals surface area contributed by atoms with Crippen molar-refractivity contribution in [2.24, 2.45) is 0 Å². The first-order chi connectivity index (χ1) is 13.4. The first-order valence-electron chi connectivity index (χ1n) is 8.94. The van der Waals surface area contributed by atoms with E-state index in [1.165, 1.54) is 34.6 Å². The van der Waals surface area contributed by atoms with Gasteiger partial charge in [-0.25, -0.2) is 13.2 Å². The molecular formula is C20H20ClNO5S. The number of esters is 1. The van der Waals surface area contributed by atoms with Gasteiger partial charge < -0.3 is 4.74 Å². The lowest BCUT2D eigenvalue weighted by molar-refractivity contribution is 0.0475. The van der Waals surface area contributed by atoms with Crippen LogP contribution in [0.4, 0.5) is 0 Å². The summed E-state index contributed by atoms with van der Waals surface area (Å²) >= 11 is 5.93. The molecule has 0 radical (unpaired) electrons. The van der Waals surface area contributed by atoms with Crippen molar-refractivity contribution in [3.05, 3.63) is 64.7 Å². The maximum atomic E-state index is 12.6. The fraction of sp³-hybridized carbons (Fsp3) is 0.300. The maximum absolute atomic E-state index is 12.6. The molecule has 0 aromatic heterocycles. The minimum absolute atomic E-state index is 0.152. The van der Waals surface area contributed by atoms with E-state index in [9.17, 15) is 18.0 Å². The van der Waals surface area contributed by atoms with Crippen LogP contribution < -0.4 is 0 Å². The quantitative estimate of drug-likeness (QED) is 0.526. The second-order valence-corrected chi connectivity index (χ2v) is 8.81. The molecule has 148 valence electrons. The van der Waals surface area contributed by atoms with Crippen LogP contribution in [0, 0.1) is 0 Å². The van der Waals surface area contributed by atoms with Gasteiger partial charge in [-0.1, -0.05) is 30.2 Å². The van der Waals surface area contributed by atoms with Gasteiger partial charge in [-0.3, -0.25) is 4.79 Å². The number of sulfonamides is 1. The summed E-state index contributed by atoms with van der Waals surface area (Å²) < 4.78 is 31.8. The van der Waals surface area contributed by atoms with Gasteiger partial charge in [0, 0.05) is 18.7 Å². The van der Waals surface area contributed by atoms with Crippen LogP contribution in [-0.4, -0.2) is 44.2 Å². The van der Waals surface area contributed by atoms with Crippen molar-refractivity contribution in [2.45, 2.75) is 24.2 Å². The number of Topliss-reactive ketones (excluding diaryl/α,β-unsaturated/α-hetero) is 1. The number of hydrogen-bond acceptors (Lipinski definition) is 5.